The van der Waals surface area contributed by atoms with Crippen molar-refractivity contribution in [3.8, 4) is 11.3 Å². The van der Waals surface area contributed by atoms with Crippen molar-refractivity contribution >= 4 is 23.2 Å². The van der Waals surface area contributed by atoms with Crippen LogP contribution in [0.1, 0.15) is 52.4 Å². The van der Waals surface area contributed by atoms with Gasteiger partial charge >= 0.3 is 0 Å². The monoisotopic (exact) mass is 472 g/mol. The minimum atomic E-state index is -0.259. The summed E-state index contributed by atoms with van der Waals surface area (Å²) in [7, 11) is 0. The SMILES string of the molecule is CC(C)N[C@H]1CC[C@H](Nc2cc(-c3cccc(NCC4(N)CCOCC4)n3)c(Cl)cn2)CC1. The van der Waals surface area contributed by atoms with Crippen LogP contribution in [0.5, 0.6) is 0 Å². The highest BCUT2D eigenvalue weighted by molar-refractivity contribution is 6.33. The first-order chi connectivity index (χ1) is 15.9. The number of hydrogen-bond donors (Lipinski definition) is 4. The Morgan fingerprint density at radius 3 is 2.58 bits per heavy atom. The molecule has 1 aliphatic heterocycles. The number of aromatic nitrogens is 2. The van der Waals surface area contributed by atoms with Gasteiger partial charge in [0, 0.05) is 55.2 Å². The lowest BCUT2D eigenvalue weighted by atomic mass is 9.90. The summed E-state index contributed by atoms with van der Waals surface area (Å²) in [5.41, 5.74) is 7.94. The van der Waals surface area contributed by atoms with Crippen LogP contribution in [-0.4, -0.2) is 53.4 Å². The lowest BCUT2D eigenvalue weighted by Gasteiger charge is -2.33. The Hall–Kier alpha value is -1.93. The van der Waals surface area contributed by atoms with Crippen molar-refractivity contribution in [2.45, 2.75) is 76.0 Å². The molecule has 1 saturated heterocycles. The molecular weight excluding hydrogens is 436 g/mol. The number of pyridine rings is 2. The van der Waals surface area contributed by atoms with E-state index in [-0.39, 0.29) is 5.54 Å². The molecule has 33 heavy (non-hydrogen) atoms. The van der Waals surface area contributed by atoms with E-state index in [1.807, 2.05) is 24.3 Å². The van der Waals surface area contributed by atoms with E-state index in [4.69, 9.17) is 27.1 Å². The smallest absolute Gasteiger partial charge is 0.126 e. The summed E-state index contributed by atoms with van der Waals surface area (Å²) in [6.07, 6.45) is 8.03. The van der Waals surface area contributed by atoms with Crippen molar-refractivity contribution in [2.75, 3.05) is 30.4 Å². The molecule has 0 aromatic carbocycles. The maximum Gasteiger partial charge on any atom is 0.126 e. The van der Waals surface area contributed by atoms with Gasteiger partial charge in [-0.25, -0.2) is 9.97 Å². The number of nitrogens with two attached hydrogens (primary N) is 1. The standard InChI is InChI=1S/C25H37ClN6O/c1-17(2)30-18-6-8-19(9-7-18)31-24-14-20(21(26)15-28-24)22-4-3-5-23(32-22)29-16-25(27)10-12-33-13-11-25/h3-5,14-15,17-19,30H,6-13,16,27H2,1-2H3,(H,28,31)(H,29,32)/t18-,19-. The molecule has 0 atom stereocenters. The number of halogens is 1. The zero-order valence-electron chi connectivity index (χ0n) is 19.7. The van der Waals surface area contributed by atoms with Crippen molar-refractivity contribution in [2.24, 2.45) is 5.73 Å². The highest BCUT2D eigenvalue weighted by Crippen LogP contribution is 2.30. The van der Waals surface area contributed by atoms with E-state index in [9.17, 15) is 0 Å². The van der Waals surface area contributed by atoms with Crippen molar-refractivity contribution in [1.29, 1.82) is 0 Å². The molecule has 8 heteroatoms. The van der Waals surface area contributed by atoms with E-state index in [2.05, 4.69) is 34.8 Å². The Morgan fingerprint density at radius 1 is 1.12 bits per heavy atom. The first-order valence-corrected chi connectivity index (χ1v) is 12.5. The van der Waals surface area contributed by atoms with Crippen LogP contribution in [0, 0.1) is 0 Å². The van der Waals surface area contributed by atoms with Crippen LogP contribution in [0.2, 0.25) is 5.02 Å². The molecule has 1 aliphatic carbocycles. The van der Waals surface area contributed by atoms with Gasteiger partial charge < -0.3 is 26.4 Å². The molecule has 2 aromatic heterocycles. The topological polar surface area (TPSA) is 97.1 Å². The van der Waals surface area contributed by atoms with Crippen molar-refractivity contribution in [3.05, 3.63) is 35.5 Å². The fourth-order valence-electron chi connectivity index (χ4n) is 4.70. The summed E-state index contributed by atoms with van der Waals surface area (Å²) in [5, 5.41) is 11.3. The molecule has 0 spiro atoms. The van der Waals surface area contributed by atoms with Gasteiger partial charge in [-0.2, -0.15) is 0 Å². The number of anilines is 2. The Morgan fingerprint density at radius 2 is 1.85 bits per heavy atom. The molecule has 2 aliphatic rings. The molecule has 180 valence electrons. The van der Waals surface area contributed by atoms with E-state index in [1.165, 1.54) is 12.8 Å². The zero-order chi connectivity index (χ0) is 23.3. The molecule has 5 N–H and O–H groups in total. The Bertz CT molecular complexity index is 910. The van der Waals surface area contributed by atoms with Gasteiger partial charge in [0.05, 0.1) is 10.7 Å². The Labute approximate surface area is 202 Å². The van der Waals surface area contributed by atoms with Gasteiger partial charge in [-0.05, 0) is 56.7 Å². The van der Waals surface area contributed by atoms with Crippen LogP contribution in [0.25, 0.3) is 11.3 Å². The number of rotatable bonds is 8. The summed E-state index contributed by atoms with van der Waals surface area (Å²) >= 11 is 6.52. The number of nitrogens with zero attached hydrogens (tertiary/aromatic N) is 2. The molecule has 4 rings (SSSR count). The average molecular weight is 473 g/mol. The molecule has 0 bridgehead atoms. The predicted molar refractivity (Wildman–Crippen MR) is 136 cm³/mol. The van der Waals surface area contributed by atoms with E-state index < -0.39 is 0 Å². The summed E-state index contributed by atoms with van der Waals surface area (Å²) in [5.74, 6) is 1.64. The fourth-order valence-corrected chi connectivity index (χ4v) is 4.90. The number of ether oxygens (including phenoxy) is 1. The third-order valence-electron chi connectivity index (χ3n) is 6.64. The second-order valence-corrected chi connectivity index (χ2v) is 10.2. The maximum atomic E-state index is 6.52. The molecule has 0 unspecified atom stereocenters. The molecule has 0 amide bonds. The highest BCUT2D eigenvalue weighted by Gasteiger charge is 2.28. The van der Waals surface area contributed by atoms with Crippen molar-refractivity contribution in [1.82, 2.24) is 15.3 Å². The highest BCUT2D eigenvalue weighted by atomic mass is 35.5. The van der Waals surface area contributed by atoms with Gasteiger partial charge in [-0.1, -0.05) is 31.5 Å². The minimum Gasteiger partial charge on any atom is -0.381 e. The summed E-state index contributed by atoms with van der Waals surface area (Å²) in [4.78, 5) is 9.32. The van der Waals surface area contributed by atoms with Crippen LogP contribution in [-0.2, 0) is 4.74 Å². The molecule has 2 fully saturated rings. The lowest BCUT2D eigenvalue weighted by molar-refractivity contribution is 0.0574. The fraction of sp³-hybridized carbons (Fsp3) is 0.600. The quantitative estimate of drug-likeness (QED) is 0.451. The average Bonchev–Trinajstić information content (AvgIpc) is 2.81. The Kier molecular flexibility index (Phi) is 8.07. The molecule has 7 nitrogen and oxygen atoms in total. The molecule has 3 heterocycles. The van der Waals surface area contributed by atoms with Crippen LogP contribution in [0.15, 0.2) is 30.5 Å². The van der Waals surface area contributed by atoms with Crippen LogP contribution < -0.4 is 21.7 Å². The lowest BCUT2D eigenvalue weighted by Crippen LogP contribution is -2.50. The third kappa shape index (κ3) is 6.79. The molecular formula is C25H37ClN6O. The van der Waals surface area contributed by atoms with Crippen molar-refractivity contribution < 1.29 is 4.74 Å². The normalized spacial score (nSPS) is 22.8. The predicted octanol–water partition coefficient (Wildman–Crippen LogP) is 4.44. The largest absolute Gasteiger partial charge is 0.381 e. The van der Waals surface area contributed by atoms with Crippen LogP contribution in [0.4, 0.5) is 11.6 Å². The second kappa shape index (κ2) is 11.0. The minimum absolute atomic E-state index is 0.259. The second-order valence-electron chi connectivity index (χ2n) is 9.80. The van der Waals surface area contributed by atoms with Gasteiger partial charge in [0.25, 0.3) is 0 Å². The van der Waals surface area contributed by atoms with Gasteiger partial charge in [0.1, 0.15) is 11.6 Å². The number of hydrogen-bond acceptors (Lipinski definition) is 7. The molecule has 0 radical (unpaired) electrons. The van der Waals surface area contributed by atoms with Crippen LogP contribution >= 0.6 is 11.6 Å². The van der Waals surface area contributed by atoms with E-state index in [0.717, 1.165) is 48.6 Å². The van der Waals surface area contributed by atoms with E-state index >= 15 is 0 Å². The first kappa shape index (κ1) is 24.2. The number of nitrogens with one attached hydrogen (secondary N) is 3. The zero-order valence-corrected chi connectivity index (χ0v) is 20.5. The summed E-state index contributed by atoms with van der Waals surface area (Å²) in [6, 6.07) is 9.52. The van der Waals surface area contributed by atoms with E-state index in [0.29, 0.717) is 42.9 Å². The molecule has 2 aromatic rings. The summed E-state index contributed by atoms with van der Waals surface area (Å²) < 4.78 is 5.44. The Balaban J connectivity index is 1.40. The first-order valence-electron chi connectivity index (χ1n) is 12.2. The van der Waals surface area contributed by atoms with Gasteiger partial charge in [0.2, 0.25) is 0 Å². The van der Waals surface area contributed by atoms with Crippen LogP contribution in [0.3, 0.4) is 0 Å². The maximum absolute atomic E-state index is 6.52. The third-order valence-corrected chi connectivity index (χ3v) is 6.94. The molecule has 1 saturated carbocycles. The van der Waals surface area contributed by atoms with Crippen molar-refractivity contribution in [3.63, 3.8) is 0 Å². The van der Waals surface area contributed by atoms with E-state index in [1.54, 1.807) is 6.20 Å². The van der Waals surface area contributed by atoms with Gasteiger partial charge in [0.15, 0.2) is 0 Å². The van der Waals surface area contributed by atoms with Gasteiger partial charge in [-0.3, -0.25) is 0 Å². The van der Waals surface area contributed by atoms with Gasteiger partial charge in [-0.15, -0.1) is 0 Å². The summed E-state index contributed by atoms with van der Waals surface area (Å²) in [6.45, 7) is 6.51.